The number of aryl methyl sites for hydroxylation is 1. The number of para-hydroxylation sites is 1. The predicted octanol–water partition coefficient (Wildman–Crippen LogP) is 6.96. The van der Waals surface area contributed by atoms with Gasteiger partial charge in [-0.15, -0.1) is 0 Å². The summed E-state index contributed by atoms with van der Waals surface area (Å²) in [6.07, 6.45) is 0. The topological polar surface area (TPSA) is 88.5 Å². The number of halogens is 1. The molecule has 0 fully saturated rings. The molecule has 0 aliphatic heterocycles. The number of nitrogens with zero attached hydrogens (tertiary/aromatic N) is 2. The van der Waals surface area contributed by atoms with E-state index in [9.17, 15) is 0 Å². The third kappa shape index (κ3) is 5.78. The van der Waals surface area contributed by atoms with Crippen LogP contribution in [0.5, 0.6) is 11.6 Å². The first kappa shape index (κ1) is 23.8. The van der Waals surface area contributed by atoms with E-state index >= 15 is 0 Å². The van der Waals surface area contributed by atoms with E-state index in [4.69, 9.17) is 31.3 Å². The fraction of sp³-hybridized carbons (Fsp3) is 0.120. The summed E-state index contributed by atoms with van der Waals surface area (Å²) in [6, 6.07) is 22.5. The van der Waals surface area contributed by atoms with Crippen LogP contribution in [0, 0.1) is 6.92 Å². The van der Waals surface area contributed by atoms with Gasteiger partial charge in [-0.3, -0.25) is 15.4 Å². The van der Waals surface area contributed by atoms with Gasteiger partial charge in [0.25, 0.3) is 0 Å². The van der Waals surface area contributed by atoms with Crippen molar-refractivity contribution in [2.45, 2.75) is 18.4 Å². The number of rotatable bonds is 9. The van der Waals surface area contributed by atoms with Gasteiger partial charge in [-0.05, 0) is 54.3 Å². The molecule has 0 saturated heterocycles. The van der Waals surface area contributed by atoms with Crippen LogP contribution in [0.15, 0.2) is 77.7 Å². The molecule has 0 bridgehead atoms. The average Bonchev–Trinajstić information content (AvgIpc) is 2.86. The van der Waals surface area contributed by atoms with Gasteiger partial charge in [-0.2, -0.15) is 4.98 Å². The van der Waals surface area contributed by atoms with E-state index in [1.165, 1.54) is 11.9 Å². The molecule has 0 saturated carbocycles. The zero-order chi connectivity index (χ0) is 23.9. The lowest BCUT2D eigenvalue weighted by molar-refractivity contribution is 0.185. The molecule has 174 valence electrons. The lowest BCUT2D eigenvalue weighted by Gasteiger charge is -2.14. The number of nitrogens with one attached hydrogen (secondary N) is 2. The standard InChI is InChI=1S/C25H23ClN4O3S/c1-16-7-5-12-21(26)24(16)33-23-14-22(20-11-4-3-8-17(20)15-32-2)27-25(28-23)30-34-19-10-6-9-18(13-19)29-31/h3-14,29,31H,15H2,1-2H3,(H,27,28,30). The summed E-state index contributed by atoms with van der Waals surface area (Å²) < 4.78 is 14.7. The maximum Gasteiger partial charge on any atom is 0.237 e. The van der Waals surface area contributed by atoms with Crippen LogP contribution in [0.4, 0.5) is 11.6 Å². The van der Waals surface area contributed by atoms with E-state index < -0.39 is 0 Å². The Labute approximate surface area is 207 Å². The molecule has 0 radical (unpaired) electrons. The van der Waals surface area contributed by atoms with Crippen molar-refractivity contribution in [3.8, 4) is 22.9 Å². The van der Waals surface area contributed by atoms with E-state index in [0.717, 1.165) is 21.6 Å². The largest absolute Gasteiger partial charge is 0.437 e. The lowest BCUT2D eigenvalue weighted by Crippen LogP contribution is -2.01. The van der Waals surface area contributed by atoms with Crippen LogP contribution in [-0.4, -0.2) is 22.3 Å². The van der Waals surface area contributed by atoms with Gasteiger partial charge in [0.15, 0.2) is 5.75 Å². The maximum atomic E-state index is 9.16. The van der Waals surface area contributed by atoms with E-state index in [0.29, 0.717) is 40.6 Å². The second-order valence-corrected chi connectivity index (χ2v) is 8.62. The summed E-state index contributed by atoms with van der Waals surface area (Å²) in [7, 11) is 1.66. The minimum absolute atomic E-state index is 0.349. The van der Waals surface area contributed by atoms with E-state index in [-0.39, 0.29) is 0 Å². The van der Waals surface area contributed by atoms with Gasteiger partial charge >= 0.3 is 0 Å². The Kier molecular flexibility index (Phi) is 7.87. The van der Waals surface area contributed by atoms with Crippen molar-refractivity contribution in [1.82, 2.24) is 9.97 Å². The molecule has 7 nitrogen and oxygen atoms in total. The molecule has 1 aromatic heterocycles. The number of anilines is 2. The fourth-order valence-corrected chi connectivity index (χ4v) is 4.19. The molecule has 4 aromatic rings. The van der Waals surface area contributed by atoms with E-state index in [1.807, 2.05) is 55.5 Å². The van der Waals surface area contributed by atoms with Crippen LogP contribution in [0.25, 0.3) is 11.3 Å². The molecule has 9 heteroatoms. The Balaban J connectivity index is 1.71. The van der Waals surface area contributed by atoms with Gasteiger partial charge < -0.3 is 9.47 Å². The number of methoxy groups -OCH3 is 1. The van der Waals surface area contributed by atoms with Crippen LogP contribution in [-0.2, 0) is 11.3 Å². The van der Waals surface area contributed by atoms with E-state index in [2.05, 4.69) is 15.2 Å². The molecule has 0 aliphatic carbocycles. The second kappa shape index (κ2) is 11.2. The number of aromatic nitrogens is 2. The van der Waals surface area contributed by atoms with Crippen molar-refractivity contribution in [1.29, 1.82) is 0 Å². The quantitative estimate of drug-likeness (QED) is 0.170. The fourth-order valence-electron chi connectivity index (χ4n) is 3.30. The highest BCUT2D eigenvalue weighted by Crippen LogP contribution is 2.34. The van der Waals surface area contributed by atoms with Crippen molar-refractivity contribution < 1.29 is 14.7 Å². The molecule has 0 amide bonds. The highest BCUT2D eigenvalue weighted by Gasteiger charge is 2.14. The van der Waals surface area contributed by atoms with Crippen LogP contribution in [0.2, 0.25) is 5.02 Å². The van der Waals surface area contributed by atoms with Crippen LogP contribution in [0.3, 0.4) is 0 Å². The molecular formula is C25H23ClN4O3S. The minimum atomic E-state index is 0.349. The van der Waals surface area contributed by atoms with Crippen molar-refractivity contribution in [2.75, 3.05) is 17.3 Å². The maximum absolute atomic E-state index is 9.16. The summed E-state index contributed by atoms with van der Waals surface area (Å²) in [5, 5.41) is 9.66. The van der Waals surface area contributed by atoms with Crippen molar-refractivity contribution in [3.63, 3.8) is 0 Å². The first-order valence-electron chi connectivity index (χ1n) is 10.4. The lowest BCUT2D eigenvalue weighted by atomic mass is 10.0. The molecule has 0 atom stereocenters. The Morgan fingerprint density at radius 2 is 1.82 bits per heavy atom. The van der Waals surface area contributed by atoms with Gasteiger partial charge in [-0.25, -0.2) is 4.98 Å². The predicted molar refractivity (Wildman–Crippen MR) is 136 cm³/mol. The van der Waals surface area contributed by atoms with Crippen LogP contribution < -0.4 is 14.9 Å². The number of hydrogen-bond donors (Lipinski definition) is 3. The summed E-state index contributed by atoms with van der Waals surface area (Å²) in [4.78, 5) is 10.1. The molecule has 1 heterocycles. The Bertz CT molecular complexity index is 1270. The second-order valence-electron chi connectivity index (χ2n) is 7.34. The molecule has 3 N–H and O–H groups in total. The van der Waals surface area contributed by atoms with Gasteiger partial charge in [0.1, 0.15) is 0 Å². The van der Waals surface area contributed by atoms with Crippen LogP contribution >= 0.6 is 23.5 Å². The van der Waals surface area contributed by atoms with E-state index in [1.54, 1.807) is 31.4 Å². The summed E-state index contributed by atoms with van der Waals surface area (Å²) in [5.41, 5.74) is 6.19. The Hall–Kier alpha value is -3.30. The third-order valence-electron chi connectivity index (χ3n) is 4.89. The average molecular weight is 495 g/mol. The zero-order valence-corrected chi connectivity index (χ0v) is 20.2. The summed E-state index contributed by atoms with van der Waals surface area (Å²) in [6.45, 7) is 2.37. The normalized spacial score (nSPS) is 10.7. The van der Waals surface area contributed by atoms with Crippen molar-refractivity contribution in [2.24, 2.45) is 0 Å². The molecule has 34 heavy (non-hydrogen) atoms. The number of ether oxygens (including phenoxy) is 2. The molecule has 0 spiro atoms. The van der Waals surface area contributed by atoms with Crippen molar-refractivity contribution >= 4 is 35.2 Å². The smallest absolute Gasteiger partial charge is 0.237 e. The number of benzene rings is 3. The molecule has 0 unspecified atom stereocenters. The van der Waals surface area contributed by atoms with Crippen molar-refractivity contribution in [3.05, 3.63) is 88.9 Å². The molecule has 0 aliphatic rings. The molecular weight excluding hydrogens is 472 g/mol. The minimum Gasteiger partial charge on any atom is -0.437 e. The Morgan fingerprint density at radius 3 is 2.62 bits per heavy atom. The summed E-state index contributed by atoms with van der Waals surface area (Å²) in [5.74, 6) is 1.25. The molecule has 4 rings (SSSR count). The first-order chi connectivity index (χ1) is 16.6. The summed E-state index contributed by atoms with van der Waals surface area (Å²) >= 11 is 7.69. The zero-order valence-electron chi connectivity index (χ0n) is 18.6. The Morgan fingerprint density at radius 1 is 1.00 bits per heavy atom. The van der Waals surface area contributed by atoms with Gasteiger partial charge in [-0.1, -0.05) is 54.1 Å². The van der Waals surface area contributed by atoms with Crippen LogP contribution in [0.1, 0.15) is 11.1 Å². The van der Waals surface area contributed by atoms with Gasteiger partial charge in [0.2, 0.25) is 11.8 Å². The highest BCUT2D eigenvalue weighted by atomic mass is 35.5. The third-order valence-corrected chi connectivity index (χ3v) is 5.96. The monoisotopic (exact) mass is 494 g/mol. The highest BCUT2D eigenvalue weighted by molar-refractivity contribution is 8.00. The SMILES string of the molecule is COCc1ccccc1-c1cc(Oc2c(C)cccc2Cl)nc(NSc2cccc(NO)c2)n1. The first-order valence-corrected chi connectivity index (χ1v) is 11.6. The number of hydrogen-bond acceptors (Lipinski definition) is 8. The molecule has 3 aromatic carbocycles. The van der Waals surface area contributed by atoms with Gasteiger partial charge in [0, 0.05) is 23.6 Å². The van der Waals surface area contributed by atoms with Gasteiger partial charge in [0.05, 0.1) is 23.0 Å².